The third kappa shape index (κ3) is 1.58. The van der Waals surface area contributed by atoms with E-state index in [1.807, 2.05) is 0 Å². The van der Waals surface area contributed by atoms with E-state index in [4.69, 9.17) is 9.40 Å². The standard InChI is InChI=1S/C16H22N2O2/c19-12-6-17-7-13-15(12)18-16(20-13)14-10-2-8-1-9(4-10)5-11(14)3-8/h8-12,14,17,19H,1-7H2. The topological polar surface area (TPSA) is 58.3 Å². The molecule has 1 atom stereocenters. The van der Waals surface area contributed by atoms with E-state index in [1.54, 1.807) is 0 Å². The molecule has 0 amide bonds. The fourth-order valence-electron chi connectivity index (χ4n) is 5.66. The minimum absolute atomic E-state index is 0.493. The van der Waals surface area contributed by atoms with Crippen molar-refractivity contribution in [3.8, 4) is 0 Å². The summed E-state index contributed by atoms with van der Waals surface area (Å²) >= 11 is 0. The van der Waals surface area contributed by atoms with Gasteiger partial charge in [-0.15, -0.1) is 0 Å². The molecule has 0 aromatic carbocycles. The van der Waals surface area contributed by atoms with Gasteiger partial charge in [0.2, 0.25) is 0 Å². The van der Waals surface area contributed by atoms with E-state index in [0.717, 1.165) is 41.0 Å². The zero-order valence-electron chi connectivity index (χ0n) is 11.7. The Morgan fingerprint density at radius 3 is 2.40 bits per heavy atom. The van der Waals surface area contributed by atoms with Crippen molar-refractivity contribution in [2.75, 3.05) is 6.54 Å². The summed E-state index contributed by atoms with van der Waals surface area (Å²) < 4.78 is 6.07. The molecule has 5 aliphatic rings. The highest BCUT2D eigenvalue weighted by Crippen LogP contribution is 2.59. The van der Waals surface area contributed by atoms with Gasteiger partial charge in [-0.1, -0.05) is 0 Å². The van der Waals surface area contributed by atoms with Crippen LogP contribution in [-0.4, -0.2) is 16.6 Å². The summed E-state index contributed by atoms with van der Waals surface area (Å²) in [6, 6.07) is 0. The minimum Gasteiger partial charge on any atom is -0.444 e. The average molecular weight is 274 g/mol. The van der Waals surface area contributed by atoms with Gasteiger partial charge in [0, 0.05) is 12.5 Å². The Hall–Kier alpha value is -0.870. The van der Waals surface area contributed by atoms with Crippen molar-refractivity contribution in [1.29, 1.82) is 0 Å². The van der Waals surface area contributed by atoms with E-state index in [1.165, 1.54) is 32.1 Å². The van der Waals surface area contributed by atoms with Crippen LogP contribution in [0.15, 0.2) is 4.42 Å². The highest BCUT2D eigenvalue weighted by atomic mass is 16.4. The predicted molar refractivity (Wildman–Crippen MR) is 73.0 cm³/mol. The number of β-amino-alcohol motifs (C(OH)–C–C–N with tert-alkyl or cyclic N) is 1. The zero-order valence-corrected chi connectivity index (χ0v) is 11.7. The number of aliphatic hydroxyl groups is 1. The molecule has 4 aliphatic carbocycles. The van der Waals surface area contributed by atoms with E-state index in [0.29, 0.717) is 19.0 Å². The molecule has 0 radical (unpaired) electrons. The van der Waals surface area contributed by atoms with Crippen molar-refractivity contribution in [3.05, 3.63) is 17.3 Å². The largest absolute Gasteiger partial charge is 0.444 e. The van der Waals surface area contributed by atoms with Crippen LogP contribution in [0.4, 0.5) is 0 Å². The number of hydrogen-bond acceptors (Lipinski definition) is 4. The highest BCUT2D eigenvalue weighted by Gasteiger charge is 2.50. The van der Waals surface area contributed by atoms with E-state index in [-0.39, 0.29) is 0 Å². The second kappa shape index (κ2) is 4.08. The van der Waals surface area contributed by atoms with E-state index < -0.39 is 6.10 Å². The quantitative estimate of drug-likeness (QED) is 0.825. The van der Waals surface area contributed by atoms with Crippen molar-refractivity contribution in [3.63, 3.8) is 0 Å². The summed E-state index contributed by atoms with van der Waals surface area (Å²) in [7, 11) is 0. The van der Waals surface area contributed by atoms with Gasteiger partial charge in [-0.05, 0) is 55.8 Å². The number of aliphatic hydroxyl groups excluding tert-OH is 1. The number of fused-ring (bicyclic) bond motifs is 1. The second-order valence-electron chi connectivity index (χ2n) is 7.46. The first-order valence-corrected chi connectivity index (χ1v) is 8.16. The molecule has 0 spiro atoms. The molecule has 1 aliphatic heterocycles. The Labute approximate surface area is 119 Å². The monoisotopic (exact) mass is 274 g/mol. The van der Waals surface area contributed by atoms with Gasteiger partial charge in [0.25, 0.3) is 0 Å². The first-order valence-electron chi connectivity index (χ1n) is 8.16. The number of nitrogens with one attached hydrogen (secondary N) is 1. The van der Waals surface area contributed by atoms with Crippen molar-refractivity contribution >= 4 is 0 Å². The highest BCUT2D eigenvalue weighted by molar-refractivity contribution is 5.19. The summed E-state index contributed by atoms with van der Waals surface area (Å²) in [5.41, 5.74) is 0.799. The molecule has 4 saturated carbocycles. The third-order valence-electron chi connectivity index (χ3n) is 6.19. The van der Waals surface area contributed by atoms with Crippen LogP contribution in [0.2, 0.25) is 0 Å². The molecule has 4 bridgehead atoms. The molecule has 2 heterocycles. The van der Waals surface area contributed by atoms with Crippen LogP contribution >= 0.6 is 0 Å². The molecule has 4 heteroatoms. The molecule has 4 fully saturated rings. The molecule has 20 heavy (non-hydrogen) atoms. The summed E-state index contributed by atoms with van der Waals surface area (Å²) in [4.78, 5) is 4.72. The molecule has 4 nitrogen and oxygen atoms in total. The average Bonchev–Trinajstić information content (AvgIpc) is 2.82. The lowest BCUT2D eigenvalue weighted by Gasteiger charge is -2.53. The second-order valence-corrected chi connectivity index (χ2v) is 7.46. The smallest absolute Gasteiger partial charge is 0.198 e. The molecule has 2 N–H and O–H groups in total. The van der Waals surface area contributed by atoms with Gasteiger partial charge in [0.1, 0.15) is 17.6 Å². The van der Waals surface area contributed by atoms with Gasteiger partial charge in [-0.25, -0.2) is 4.98 Å². The third-order valence-corrected chi connectivity index (χ3v) is 6.19. The van der Waals surface area contributed by atoms with Crippen molar-refractivity contribution in [2.45, 2.75) is 50.7 Å². The molecule has 1 unspecified atom stereocenters. The lowest BCUT2D eigenvalue weighted by atomic mass is 9.52. The lowest BCUT2D eigenvalue weighted by molar-refractivity contribution is -0.0117. The van der Waals surface area contributed by atoms with Gasteiger partial charge in [0.15, 0.2) is 5.89 Å². The molecule has 1 aromatic rings. The van der Waals surface area contributed by atoms with Gasteiger partial charge in [-0.2, -0.15) is 0 Å². The minimum atomic E-state index is -0.493. The Morgan fingerprint density at radius 2 is 1.75 bits per heavy atom. The van der Waals surface area contributed by atoms with E-state index in [2.05, 4.69) is 5.32 Å². The maximum absolute atomic E-state index is 10.0. The number of nitrogens with zero attached hydrogens (tertiary/aromatic N) is 1. The SMILES string of the molecule is OC1CNCc2oc(C3C4CC5CC(C4)CC3C5)nc21. The molecular formula is C16H22N2O2. The molecular weight excluding hydrogens is 252 g/mol. The maximum Gasteiger partial charge on any atom is 0.198 e. The van der Waals surface area contributed by atoms with Crippen LogP contribution in [0, 0.1) is 23.7 Å². The first-order chi connectivity index (χ1) is 9.78. The van der Waals surface area contributed by atoms with Gasteiger partial charge in [0.05, 0.1) is 6.54 Å². The Morgan fingerprint density at radius 1 is 1.05 bits per heavy atom. The lowest BCUT2D eigenvalue weighted by Crippen LogP contribution is -2.43. The van der Waals surface area contributed by atoms with E-state index >= 15 is 0 Å². The predicted octanol–water partition coefficient (Wildman–Crippen LogP) is 2.35. The fourth-order valence-corrected chi connectivity index (χ4v) is 5.66. The molecule has 1 aromatic heterocycles. The Balaban J connectivity index is 1.51. The number of hydrogen-bond donors (Lipinski definition) is 2. The zero-order chi connectivity index (χ0) is 13.3. The normalized spacial score (nSPS) is 45.6. The molecule has 108 valence electrons. The first kappa shape index (κ1) is 11.8. The summed E-state index contributed by atoms with van der Waals surface area (Å²) in [5.74, 6) is 5.86. The van der Waals surface area contributed by atoms with Crippen molar-refractivity contribution in [2.24, 2.45) is 23.7 Å². The van der Waals surface area contributed by atoms with Gasteiger partial charge >= 0.3 is 0 Å². The van der Waals surface area contributed by atoms with Crippen molar-refractivity contribution in [1.82, 2.24) is 10.3 Å². The number of oxazole rings is 1. The van der Waals surface area contributed by atoms with Crippen LogP contribution in [0.5, 0.6) is 0 Å². The fraction of sp³-hybridized carbons (Fsp3) is 0.812. The van der Waals surface area contributed by atoms with Crippen molar-refractivity contribution < 1.29 is 9.52 Å². The van der Waals surface area contributed by atoms with Gasteiger partial charge < -0.3 is 14.8 Å². The van der Waals surface area contributed by atoms with Crippen LogP contribution in [0.3, 0.4) is 0 Å². The summed E-state index contributed by atoms with van der Waals surface area (Å²) in [5, 5.41) is 13.2. The van der Waals surface area contributed by atoms with Crippen LogP contribution in [-0.2, 0) is 6.54 Å². The molecule has 0 saturated heterocycles. The van der Waals surface area contributed by atoms with Crippen LogP contribution in [0.1, 0.15) is 61.5 Å². The van der Waals surface area contributed by atoms with Gasteiger partial charge in [-0.3, -0.25) is 0 Å². The molecule has 6 rings (SSSR count). The summed E-state index contributed by atoms with van der Waals surface area (Å²) in [6.07, 6.45) is 6.51. The Bertz CT molecular complexity index is 511. The van der Waals surface area contributed by atoms with E-state index in [9.17, 15) is 5.11 Å². The van der Waals surface area contributed by atoms with Crippen LogP contribution < -0.4 is 5.32 Å². The summed E-state index contributed by atoms with van der Waals surface area (Å²) in [6.45, 7) is 1.31. The van der Waals surface area contributed by atoms with Crippen LogP contribution in [0.25, 0.3) is 0 Å². The number of aromatic nitrogens is 1. The number of rotatable bonds is 1. The Kier molecular flexibility index (Phi) is 2.40. The maximum atomic E-state index is 10.0.